The lowest BCUT2D eigenvalue weighted by Crippen LogP contribution is -2.15. The van der Waals surface area contributed by atoms with Gasteiger partial charge in [0, 0.05) is 19.9 Å². The van der Waals surface area contributed by atoms with Crippen LogP contribution in [0, 0.1) is 0 Å². The molecule has 0 unspecified atom stereocenters. The maximum Gasteiger partial charge on any atom is 0.417 e. The molecule has 2 N–H and O–H groups in total. The number of hydrogen-bond acceptors (Lipinski definition) is 5. The van der Waals surface area contributed by atoms with Crippen LogP contribution in [0.15, 0.2) is 35.2 Å². The number of pyridine rings is 2. The summed E-state index contributed by atoms with van der Waals surface area (Å²) in [7, 11) is 0. The van der Waals surface area contributed by atoms with Crippen molar-refractivity contribution in [2.45, 2.75) is 19.0 Å². The van der Waals surface area contributed by atoms with E-state index in [1.165, 1.54) is 16.7 Å². The van der Waals surface area contributed by atoms with Crippen LogP contribution in [0.1, 0.15) is 19.6 Å². The van der Waals surface area contributed by atoms with Gasteiger partial charge in [-0.1, -0.05) is 0 Å². The van der Waals surface area contributed by atoms with Gasteiger partial charge in [0.25, 0.3) is 5.92 Å². The molecule has 0 fully saturated rings. The minimum Gasteiger partial charge on any atom is -0.439 e. The van der Waals surface area contributed by atoms with Crippen LogP contribution >= 0.6 is 0 Å². The molecule has 0 aliphatic carbocycles. The highest BCUT2D eigenvalue weighted by molar-refractivity contribution is 5.84. The third-order valence-corrected chi connectivity index (χ3v) is 3.98. The molecular formula is C16H12F5N5O. The second-order valence-corrected chi connectivity index (χ2v) is 5.93. The number of nitrogens with two attached hydrogens (primary N) is 1. The van der Waals surface area contributed by atoms with Gasteiger partial charge in [-0.25, -0.2) is 9.97 Å². The Labute approximate surface area is 148 Å². The van der Waals surface area contributed by atoms with Crippen molar-refractivity contribution in [3.8, 4) is 11.5 Å². The summed E-state index contributed by atoms with van der Waals surface area (Å²) in [6, 6.07) is 2.82. The Hall–Kier alpha value is -3.24. The molecule has 0 saturated carbocycles. The van der Waals surface area contributed by atoms with Crippen molar-refractivity contribution < 1.29 is 27.8 Å². The molecule has 0 amide bonds. The summed E-state index contributed by atoms with van der Waals surface area (Å²) in [5.41, 5.74) is 3.51. The van der Waals surface area contributed by atoms with Crippen LogP contribution in [0.4, 0.5) is 27.8 Å². The number of aromatic nitrogens is 4. The first-order valence-electron chi connectivity index (χ1n) is 7.53. The summed E-state index contributed by atoms with van der Waals surface area (Å²) in [5.74, 6) is -3.41. The molecule has 6 nitrogen and oxygen atoms in total. The predicted octanol–water partition coefficient (Wildman–Crippen LogP) is 4.50. The van der Waals surface area contributed by atoms with E-state index in [9.17, 15) is 22.0 Å². The molecule has 27 heavy (non-hydrogen) atoms. The zero-order chi connectivity index (χ0) is 19.6. The largest absolute Gasteiger partial charge is 0.439 e. The van der Waals surface area contributed by atoms with E-state index in [2.05, 4.69) is 15.0 Å². The van der Waals surface area contributed by atoms with E-state index in [0.717, 1.165) is 12.5 Å². The van der Waals surface area contributed by atoms with E-state index in [1.807, 2.05) is 0 Å². The van der Waals surface area contributed by atoms with Gasteiger partial charge in [0.2, 0.25) is 0 Å². The smallest absolute Gasteiger partial charge is 0.417 e. The first-order chi connectivity index (χ1) is 12.6. The fourth-order valence-corrected chi connectivity index (χ4v) is 2.74. The second-order valence-electron chi connectivity index (χ2n) is 5.93. The first-order valence-corrected chi connectivity index (χ1v) is 7.53. The average Bonchev–Trinajstić information content (AvgIpc) is 3.17. The first kappa shape index (κ1) is 17.2. The molecule has 0 spiro atoms. The van der Waals surface area contributed by atoms with E-state index in [-0.39, 0.29) is 35.4 Å². The predicted molar refractivity (Wildman–Crippen MR) is 87.1 cm³/mol. The van der Waals surface area contributed by atoms with Gasteiger partial charge in [-0.2, -0.15) is 26.9 Å². The fraction of sp³-hybridized carbons (Fsp3) is 0.188. The third-order valence-electron chi connectivity index (χ3n) is 3.98. The maximum absolute atomic E-state index is 13.7. The highest BCUT2D eigenvalue weighted by Gasteiger charge is 2.37. The molecule has 0 radical (unpaired) electrons. The quantitative estimate of drug-likeness (QED) is 0.514. The number of imidazole rings is 1. The molecule has 0 aliphatic heterocycles. The fourth-order valence-electron chi connectivity index (χ4n) is 2.74. The molecule has 11 heteroatoms. The van der Waals surface area contributed by atoms with Crippen LogP contribution in [-0.4, -0.2) is 19.4 Å². The Bertz CT molecular complexity index is 1180. The van der Waals surface area contributed by atoms with Crippen molar-refractivity contribution in [3.63, 3.8) is 0 Å². The van der Waals surface area contributed by atoms with Crippen molar-refractivity contribution in [1.82, 2.24) is 19.4 Å². The highest BCUT2D eigenvalue weighted by atomic mass is 19.4. The van der Waals surface area contributed by atoms with Crippen molar-refractivity contribution in [2.75, 3.05) is 5.73 Å². The molecular weight excluding hydrogens is 373 g/mol. The van der Waals surface area contributed by atoms with Crippen LogP contribution < -0.4 is 5.73 Å². The zero-order valence-electron chi connectivity index (χ0n) is 13.6. The topological polar surface area (TPSA) is 82.2 Å². The van der Waals surface area contributed by atoms with E-state index < -0.39 is 23.4 Å². The number of alkyl halides is 5. The van der Waals surface area contributed by atoms with E-state index in [0.29, 0.717) is 13.0 Å². The summed E-state index contributed by atoms with van der Waals surface area (Å²) < 4.78 is 74.1. The molecule has 4 rings (SSSR count). The molecule has 4 aromatic rings. The van der Waals surface area contributed by atoms with Crippen LogP contribution in [-0.2, 0) is 12.1 Å². The number of oxazole rings is 1. The Balaban J connectivity index is 0.00000225. The summed E-state index contributed by atoms with van der Waals surface area (Å²) in [4.78, 5) is 11.7. The summed E-state index contributed by atoms with van der Waals surface area (Å²) in [5, 5.41) is -0.336. The van der Waals surface area contributed by atoms with Crippen LogP contribution in [0.25, 0.3) is 28.1 Å². The third kappa shape index (κ3) is 2.75. The molecule has 142 valence electrons. The van der Waals surface area contributed by atoms with Gasteiger partial charge in [-0.15, -0.1) is 0 Å². The molecule has 0 aliphatic rings. The maximum atomic E-state index is 13.7. The van der Waals surface area contributed by atoms with E-state index in [4.69, 9.17) is 10.2 Å². The monoisotopic (exact) mass is 385 g/mol. The van der Waals surface area contributed by atoms with E-state index in [1.54, 1.807) is 0 Å². The lowest BCUT2D eigenvalue weighted by Gasteiger charge is -2.16. The second kappa shape index (κ2) is 5.38. The molecule has 4 heterocycles. The SMILES string of the molecule is CC(F)(F)c1cc(C(F)(F)F)c2ccc3nc(-c4ocnc4N)cn3c2n1.[HH]. The van der Waals surface area contributed by atoms with Crippen molar-refractivity contribution in [1.29, 1.82) is 0 Å². The van der Waals surface area contributed by atoms with Crippen molar-refractivity contribution >= 4 is 22.5 Å². The van der Waals surface area contributed by atoms with Gasteiger partial charge in [-0.3, -0.25) is 4.40 Å². The molecule has 0 saturated heterocycles. The van der Waals surface area contributed by atoms with Gasteiger partial charge >= 0.3 is 6.18 Å². The zero-order valence-corrected chi connectivity index (χ0v) is 13.6. The molecule has 0 aromatic carbocycles. The van der Waals surface area contributed by atoms with Crippen LogP contribution in [0.5, 0.6) is 0 Å². The number of rotatable bonds is 2. The van der Waals surface area contributed by atoms with Crippen molar-refractivity contribution in [2.24, 2.45) is 0 Å². The van der Waals surface area contributed by atoms with Crippen LogP contribution in [0.3, 0.4) is 0 Å². The normalized spacial score (nSPS) is 13.0. The lowest BCUT2D eigenvalue weighted by atomic mass is 10.1. The highest BCUT2D eigenvalue weighted by Crippen LogP contribution is 2.38. The molecule has 0 bridgehead atoms. The minimum absolute atomic E-state index is 0. The molecule has 0 atom stereocenters. The Kier molecular flexibility index (Phi) is 3.42. The number of anilines is 1. The Morgan fingerprint density at radius 3 is 2.48 bits per heavy atom. The van der Waals surface area contributed by atoms with Gasteiger partial charge in [0.05, 0.1) is 5.56 Å². The summed E-state index contributed by atoms with van der Waals surface area (Å²) in [6.07, 6.45) is -2.45. The van der Waals surface area contributed by atoms with Crippen molar-refractivity contribution in [3.05, 3.63) is 42.0 Å². The van der Waals surface area contributed by atoms with Gasteiger partial charge < -0.3 is 10.2 Å². The minimum atomic E-state index is -4.84. The standard InChI is InChI=1S/C16H10F5N5O.H2/c1-15(17,18)10-4-8(16(19,20)21)7-2-3-11-24-9(5-26(11)14(7)25-10)12-13(22)23-6-27-12;/h2-6H,22H2,1H3;1H. The molecule has 4 aromatic heterocycles. The number of hydrogen-bond donors (Lipinski definition) is 1. The number of nitrogens with zero attached hydrogens (tertiary/aromatic N) is 4. The van der Waals surface area contributed by atoms with Crippen LogP contribution in [0.2, 0.25) is 0 Å². The van der Waals surface area contributed by atoms with Gasteiger partial charge in [-0.05, 0) is 18.2 Å². The number of nitrogen functional groups attached to an aromatic ring is 1. The van der Waals surface area contributed by atoms with E-state index >= 15 is 0 Å². The number of halogens is 5. The Morgan fingerprint density at radius 1 is 1.15 bits per heavy atom. The number of fused-ring (bicyclic) bond motifs is 3. The average molecular weight is 385 g/mol. The summed E-state index contributed by atoms with van der Waals surface area (Å²) in [6.45, 7) is 0.482. The summed E-state index contributed by atoms with van der Waals surface area (Å²) >= 11 is 0. The Morgan fingerprint density at radius 2 is 1.89 bits per heavy atom. The van der Waals surface area contributed by atoms with Gasteiger partial charge in [0.15, 0.2) is 18.0 Å². The lowest BCUT2D eigenvalue weighted by molar-refractivity contribution is -0.136. The van der Waals surface area contributed by atoms with Gasteiger partial charge in [0.1, 0.15) is 22.7 Å².